The van der Waals surface area contributed by atoms with Crippen molar-refractivity contribution in [3.05, 3.63) is 58.9 Å². The van der Waals surface area contributed by atoms with Gasteiger partial charge in [-0.15, -0.1) is 0 Å². The van der Waals surface area contributed by atoms with Gasteiger partial charge in [-0.2, -0.15) is 0 Å². The summed E-state index contributed by atoms with van der Waals surface area (Å²) < 4.78 is 4.89. The number of anilines is 1. The van der Waals surface area contributed by atoms with Crippen molar-refractivity contribution >= 4 is 11.7 Å². The number of fused-ring (bicyclic) bond motifs is 1. The SMILES string of the molecule is COC(=O)c1cccc2c1N[C@@H](c1ccc(C)cn1)C2(C)C. The molecule has 1 atom stereocenters. The van der Waals surface area contributed by atoms with E-state index >= 15 is 0 Å². The number of nitrogens with one attached hydrogen (secondary N) is 1. The molecular weight excluding hydrogens is 276 g/mol. The molecule has 0 fully saturated rings. The number of esters is 1. The van der Waals surface area contributed by atoms with E-state index in [1.54, 1.807) is 6.07 Å². The van der Waals surface area contributed by atoms with E-state index in [-0.39, 0.29) is 17.4 Å². The molecule has 1 aliphatic rings. The molecule has 0 spiro atoms. The minimum Gasteiger partial charge on any atom is -0.465 e. The number of methoxy groups -OCH3 is 1. The number of benzene rings is 1. The van der Waals surface area contributed by atoms with Crippen LogP contribution in [-0.4, -0.2) is 18.1 Å². The van der Waals surface area contributed by atoms with Gasteiger partial charge < -0.3 is 10.1 Å². The van der Waals surface area contributed by atoms with Crippen LogP contribution in [-0.2, 0) is 10.2 Å². The van der Waals surface area contributed by atoms with Gasteiger partial charge in [0, 0.05) is 11.6 Å². The maximum atomic E-state index is 12.0. The van der Waals surface area contributed by atoms with E-state index in [0.717, 1.165) is 22.5 Å². The first kappa shape index (κ1) is 14.6. The molecular formula is C18H20N2O2. The second-order valence-corrected chi connectivity index (χ2v) is 6.28. The summed E-state index contributed by atoms with van der Waals surface area (Å²) in [5.41, 5.74) is 4.48. The van der Waals surface area contributed by atoms with Gasteiger partial charge in [0.25, 0.3) is 0 Å². The summed E-state index contributed by atoms with van der Waals surface area (Å²) in [5, 5.41) is 3.48. The Labute approximate surface area is 130 Å². The molecule has 3 rings (SSSR count). The molecule has 114 valence electrons. The number of ether oxygens (including phenoxy) is 1. The lowest BCUT2D eigenvalue weighted by atomic mass is 9.79. The average Bonchev–Trinajstić information content (AvgIpc) is 2.79. The van der Waals surface area contributed by atoms with Crippen LogP contribution in [0.4, 0.5) is 5.69 Å². The topological polar surface area (TPSA) is 51.2 Å². The molecule has 0 saturated heterocycles. The van der Waals surface area contributed by atoms with Crippen LogP contribution in [0.25, 0.3) is 0 Å². The number of para-hydroxylation sites is 1. The van der Waals surface area contributed by atoms with Crippen molar-refractivity contribution in [2.75, 3.05) is 12.4 Å². The Morgan fingerprint density at radius 1 is 1.27 bits per heavy atom. The van der Waals surface area contributed by atoms with E-state index in [9.17, 15) is 4.79 Å². The van der Waals surface area contributed by atoms with Gasteiger partial charge >= 0.3 is 5.97 Å². The van der Waals surface area contributed by atoms with Crippen LogP contribution < -0.4 is 5.32 Å². The number of aryl methyl sites for hydroxylation is 1. The molecule has 22 heavy (non-hydrogen) atoms. The zero-order valence-electron chi connectivity index (χ0n) is 13.3. The van der Waals surface area contributed by atoms with Gasteiger partial charge in [-0.25, -0.2) is 4.79 Å². The van der Waals surface area contributed by atoms with Gasteiger partial charge in [0.05, 0.1) is 30.1 Å². The zero-order valence-corrected chi connectivity index (χ0v) is 13.3. The van der Waals surface area contributed by atoms with Gasteiger partial charge in [0.15, 0.2) is 0 Å². The molecule has 1 aliphatic heterocycles. The lowest BCUT2D eigenvalue weighted by Crippen LogP contribution is -2.26. The summed E-state index contributed by atoms with van der Waals surface area (Å²) in [5.74, 6) is -0.322. The van der Waals surface area contributed by atoms with Crippen LogP contribution in [0.15, 0.2) is 36.5 Å². The van der Waals surface area contributed by atoms with Crippen LogP contribution in [0.2, 0.25) is 0 Å². The quantitative estimate of drug-likeness (QED) is 0.860. The van der Waals surface area contributed by atoms with Crippen LogP contribution in [0, 0.1) is 6.92 Å². The van der Waals surface area contributed by atoms with Crippen LogP contribution >= 0.6 is 0 Å². The number of rotatable bonds is 2. The number of aromatic nitrogens is 1. The van der Waals surface area contributed by atoms with Gasteiger partial charge in [0.1, 0.15) is 0 Å². The first-order valence-corrected chi connectivity index (χ1v) is 7.36. The molecule has 1 aromatic carbocycles. The van der Waals surface area contributed by atoms with Crippen molar-refractivity contribution in [1.82, 2.24) is 4.98 Å². The van der Waals surface area contributed by atoms with E-state index in [1.165, 1.54) is 7.11 Å². The van der Waals surface area contributed by atoms with Gasteiger partial charge in [-0.1, -0.05) is 32.0 Å². The van der Waals surface area contributed by atoms with Crippen LogP contribution in [0.5, 0.6) is 0 Å². The second-order valence-electron chi connectivity index (χ2n) is 6.28. The van der Waals surface area contributed by atoms with E-state index < -0.39 is 0 Å². The molecule has 4 heteroatoms. The molecule has 1 aromatic heterocycles. The smallest absolute Gasteiger partial charge is 0.339 e. The summed E-state index contributed by atoms with van der Waals surface area (Å²) in [6.45, 7) is 6.35. The van der Waals surface area contributed by atoms with Crippen molar-refractivity contribution in [3.8, 4) is 0 Å². The van der Waals surface area contributed by atoms with Gasteiger partial charge in [0.2, 0.25) is 0 Å². The molecule has 0 unspecified atom stereocenters. The molecule has 1 N–H and O–H groups in total. The summed E-state index contributed by atoms with van der Waals surface area (Å²) in [6.07, 6.45) is 1.87. The molecule has 2 heterocycles. The third kappa shape index (κ3) is 2.15. The Balaban J connectivity index is 2.08. The fourth-order valence-electron chi connectivity index (χ4n) is 3.10. The van der Waals surface area contributed by atoms with E-state index in [0.29, 0.717) is 5.56 Å². The van der Waals surface area contributed by atoms with Crippen molar-refractivity contribution < 1.29 is 9.53 Å². The number of nitrogens with zero attached hydrogens (tertiary/aromatic N) is 1. The Hall–Kier alpha value is -2.36. The van der Waals surface area contributed by atoms with E-state index in [2.05, 4.69) is 36.3 Å². The average molecular weight is 296 g/mol. The lowest BCUT2D eigenvalue weighted by Gasteiger charge is -2.27. The minimum atomic E-state index is -0.322. The predicted molar refractivity (Wildman–Crippen MR) is 86.1 cm³/mol. The predicted octanol–water partition coefficient (Wildman–Crippen LogP) is 3.62. The lowest BCUT2D eigenvalue weighted by molar-refractivity contribution is 0.0602. The zero-order chi connectivity index (χ0) is 15.9. The highest BCUT2D eigenvalue weighted by atomic mass is 16.5. The number of hydrogen-bond acceptors (Lipinski definition) is 4. The molecule has 0 bridgehead atoms. The maximum absolute atomic E-state index is 12.0. The van der Waals surface area contributed by atoms with Gasteiger partial charge in [-0.05, 0) is 30.2 Å². The van der Waals surface area contributed by atoms with Crippen molar-refractivity contribution in [1.29, 1.82) is 0 Å². The molecule has 0 radical (unpaired) electrons. The molecule has 0 saturated carbocycles. The van der Waals surface area contributed by atoms with Crippen molar-refractivity contribution in [3.63, 3.8) is 0 Å². The highest BCUT2D eigenvalue weighted by Gasteiger charge is 2.42. The highest BCUT2D eigenvalue weighted by Crippen LogP contribution is 2.49. The van der Waals surface area contributed by atoms with Crippen molar-refractivity contribution in [2.45, 2.75) is 32.2 Å². The second kappa shape index (κ2) is 5.13. The third-order valence-electron chi connectivity index (χ3n) is 4.40. The summed E-state index contributed by atoms with van der Waals surface area (Å²) in [4.78, 5) is 16.5. The minimum absolute atomic E-state index is 0.0221. The first-order valence-electron chi connectivity index (χ1n) is 7.36. The van der Waals surface area contributed by atoms with Crippen LogP contribution in [0.1, 0.15) is 47.1 Å². The fourth-order valence-corrected chi connectivity index (χ4v) is 3.10. The Kier molecular flexibility index (Phi) is 3.39. The maximum Gasteiger partial charge on any atom is 0.339 e. The van der Waals surface area contributed by atoms with E-state index in [1.807, 2.05) is 25.3 Å². The number of hydrogen-bond donors (Lipinski definition) is 1. The van der Waals surface area contributed by atoms with Crippen molar-refractivity contribution in [2.24, 2.45) is 0 Å². The Morgan fingerprint density at radius 3 is 2.68 bits per heavy atom. The monoisotopic (exact) mass is 296 g/mol. The largest absolute Gasteiger partial charge is 0.465 e. The third-order valence-corrected chi connectivity index (χ3v) is 4.40. The standard InChI is InChI=1S/C18H20N2O2/c1-11-8-9-14(19-10-11)16-18(2,3)13-7-5-6-12(15(13)20-16)17(21)22-4/h5-10,16,20H,1-4H3/t16-/m0/s1. The van der Waals surface area contributed by atoms with E-state index in [4.69, 9.17) is 4.74 Å². The fraction of sp³-hybridized carbons (Fsp3) is 0.333. The number of carbonyl (C=O) groups excluding carboxylic acids is 1. The number of carbonyl (C=O) groups is 1. The normalized spacial score (nSPS) is 18.5. The highest BCUT2D eigenvalue weighted by molar-refractivity contribution is 5.97. The molecule has 2 aromatic rings. The molecule has 0 amide bonds. The first-order chi connectivity index (χ1) is 10.4. The Morgan fingerprint density at radius 2 is 2.05 bits per heavy atom. The number of pyridine rings is 1. The Bertz CT molecular complexity index is 720. The summed E-state index contributed by atoms with van der Waals surface area (Å²) >= 11 is 0. The summed E-state index contributed by atoms with van der Waals surface area (Å²) in [7, 11) is 1.40. The molecule has 0 aliphatic carbocycles. The molecule has 4 nitrogen and oxygen atoms in total. The van der Waals surface area contributed by atoms with Gasteiger partial charge in [-0.3, -0.25) is 4.98 Å². The summed E-state index contributed by atoms with van der Waals surface area (Å²) in [6, 6.07) is 9.87. The van der Waals surface area contributed by atoms with Crippen LogP contribution in [0.3, 0.4) is 0 Å².